The topological polar surface area (TPSA) is 6.48 Å². The summed E-state index contributed by atoms with van der Waals surface area (Å²) in [6, 6.07) is 75.4. The Morgan fingerprint density at radius 3 is 0.833 bits per heavy atom. The summed E-state index contributed by atoms with van der Waals surface area (Å²) >= 11 is 0. The van der Waals surface area contributed by atoms with E-state index in [2.05, 4.69) is 244 Å². The average Bonchev–Trinajstić information content (AvgIpc) is 3.30. The van der Waals surface area contributed by atoms with Crippen LogP contribution in [0.15, 0.2) is 206 Å². The molecule has 290 valence electrons. The molecule has 2 heteroatoms. The highest BCUT2D eigenvalue weighted by atomic mass is 15.1. The summed E-state index contributed by atoms with van der Waals surface area (Å²) in [5.41, 5.74) is 14.6. The first kappa shape index (κ1) is 37.1. The molecular weight excluding hydrogens is 725 g/mol. The largest absolute Gasteiger partial charge is 0.311 e. The Balaban J connectivity index is 1.13. The van der Waals surface area contributed by atoms with Crippen molar-refractivity contribution in [3.05, 3.63) is 217 Å². The van der Waals surface area contributed by atoms with Crippen LogP contribution >= 0.6 is 0 Å². The standard InChI is InChI=1S/C58H48N2/c1-39(2)53-37-55(41-25-29-47(30-26-41)59(43-17-9-5-10-18-43)44-19-11-6-12-20-44)51-36-34-50-54(40(3)4)38-56(52-35-33-49(53)57(51)58(50)52)42-27-31-48(32-28-42)60(45-21-13-7-14-22-45)46-23-15-8-16-24-46/h5-40H,1-4H3. The third kappa shape index (κ3) is 6.55. The highest BCUT2D eigenvalue weighted by molar-refractivity contribution is 6.29. The second kappa shape index (κ2) is 15.5. The summed E-state index contributed by atoms with van der Waals surface area (Å²) in [6.07, 6.45) is 0. The number of benzene rings is 10. The van der Waals surface area contributed by atoms with E-state index in [1.54, 1.807) is 0 Å². The lowest BCUT2D eigenvalue weighted by Gasteiger charge is -2.26. The van der Waals surface area contributed by atoms with Gasteiger partial charge in [0.25, 0.3) is 0 Å². The van der Waals surface area contributed by atoms with Gasteiger partial charge in [-0.15, -0.1) is 0 Å². The molecule has 0 atom stereocenters. The van der Waals surface area contributed by atoms with Crippen molar-refractivity contribution < 1.29 is 0 Å². The highest BCUT2D eigenvalue weighted by Crippen LogP contribution is 2.48. The van der Waals surface area contributed by atoms with Gasteiger partial charge in [0.05, 0.1) is 0 Å². The number of para-hydroxylation sites is 4. The Morgan fingerprint density at radius 2 is 0.550 bits per heavy atom. The molecule has 10 aromatic carbocycles. The van der Waals surface area contributed by atoms with Crippen molar-refractivity contribution in [1.29, 1.82) is 0 Å². The maximum absolute atomic E-state index is 2.46. The zero-order valence-electron chi connectivity index (χ0n) is 34.7. The van der Waals surface area contributed by atoms with Crippen molar-refractivity contribution >= 4 is 66.4 Å². The summed E-state index contributed by atoms with van der Waals surface area (Å²) in [5.74, 6) is 0.709. The van der Waals surface area contributed by atoms with Crippen LogP contribution in [-0.2, 0) is 0 Å². The Morgan fingerprint density at radius 1 is 0.283 bits per heavy atom. The van der Waals surface area contributed by atoms with Crippen molar-refractivity contribution in [3.8, 4) is 22.3 Å². The molecule has 0 heterocycles. The summed E-state index contributed by atoms with van der Waals surface area (Å²) in [4.78, 5) is 4.66. The van der Waals surface area contributed by atoms with Crippen molar-refractivity contribution in [3.63, 3.8) is 0 Å². The molecule has 0 fully saturated rings. The maximum atomic E-state index is 2.46. The lowest BCUT2D eigenvalue weighted by Crippen LogP contribution is -2.09. The molecule has 0 amide bonds. The van der Waals surface area contributed by atoms with E-state index >= 15 is 0 Å². The predicted molar refractivity (Wildman–Crippen MR) is 259 cm³/mol. The minimum Gasteiger partial charge on any atom is -0.311 e. The molecular formula is C58H48N2. The number of nitrogens with zero attached hydrogens (tertiary/aromatic N) is 2. The minimum atomic E-state index is 0.355. The van der Waals surface area contributed by atoms with Crippen LogP contribution in [0.5, 0.6) is 0 Å². The van der Waals surface area contributed by atoms with E-state index < -0.39 is 0 Å². The zero-order chi connectivity index (χ0) is 40.7. The molecule has 0 saturated heterocycles. The monoisotopic (exact) mass is 772 g/mol. The fourth-order valence-corrected chi connectivity index (χ4v) is 9.26. The minimum absolute atomic E-state index is 0.355. The molecule has 0 unspecified atom stereocenters. The summed E-state index contributed by atoms with van der Waals surface area (Å²) in [6.45, 7) is 9.32. The van der Waals surface area contributed by atoms with Gasteiger partial charge in [0.2, 0.25) is 0 Å². The van der Waals surface area contributed by atoms with Crippen LogP contribution in [0.1, 0.15) is 50.7 Å². The van der Waals surface area contributed by atoms with E-state index in [-0.39, 0.29) is 0 Å². The number of anilines is 6. The summed E-state index contributed by atoms with van der Waals surface area (Å²) in [7, 11) is 0. The number of hydrogen-bond donors (Lipinski definition) is 0. The third-order valence-electron chi connectivity index (χ3n) is 12.1. The Labute approximate surface area is 354 Å². The van der Waals surface area contributed by atoms with Crippen molar-refractivity contribution in [2.24, 2.45) is 0 Å². The molecule has 0 radical (unpaired) electrons. The van der Waals surface area contributed by atoms with Gasteiger partial charge in [0.15, 0.2) is 0 Å². The Hall–Kier alpha value is -7.16. The molecule has 0 aliphatic carbocycles. The lowest BCUT2D eigenvalue weighted by molar-refractivity contribution is 0.876. The van der Waals surface area contributed by atoms with Crippen LogP contribution in [0, 0.1) is 0 Å². The first-order valence-corrected chi connectivity index (χ1v) is 21.2. The molecule has 10 aromatic rings. The molecule has 0 aliphatic heterocycles. The van der Waals surface area contributed by atoms with E-state index in [4.69, 9.17) is 0 Å². The van der Waals surface area contributed by atoms with Crippen LogP contribution in [-0.4, -0.2) is 0 Å². The highest BCUT2D eigenvalue weighted by Gasteiger charge is 2.22. The predicted octanol–water partition coefficient (Wildman–Crippen LogP) is 17.1. The van der Waals surface area contributed by atoms with Gasteiger partial charge in [-0.05, 0) is 162 Å². The van der Waals surface area contributed by atoms with E-state index in [1.165, 1.54) is 65.7 Å². The molecule has 0 N–H and O–H groups in total. The molecule has 0 saturated carbocycles. The van der Waals surface area contributed by atoms with Crippen LogP contribution in [0.4, 0.5) is 34.1 Å². The normalized spacial score (nSPS) is 11.6. The molecule has 0 bridgehead atoms. The third-order valence-corrected chi connectivity index (χ3v) is 12.1. The quantitative estimate of drug-likeness (QED) is 0.128. The van der Waals surface area contributed by atoms with Gasteiger partial charge in [0, 0.05) is 34.1 Å². The maximum Gasteiger partial charge on any atom is 0.0462 e. The molecule has 0 aliphatic rings. The van der Waals surface area contributed by atoms with Gasteiger partial charge >= 0.3 is 0 Å². The average molecular weight is 773 g/mol. The first-order chi connectivity index (χ1) is 29.4. The zero-order valence-corrected chi connectivity index (χ0v) is 34.7. The van der Waals surface area contributed by atoms with Gasteiger partial charge in [-0.3, -0.25) is 0 Å². The number of hydrogen-bond acceptors (Lipinski definition) is 2. The molecule has 0 aromatic heterocycles. The van der Waals surface area contributed by atoms with Gasteiger partial charge in [-0.2, -0.15) is 0 Å². The van der Waals surface area contributed by atoms with Crippen LogP contribution in [0.3, 0.4) is 0 Å². The van der Waals surface area contributed by atoms with Crippen LogP contribution < -0.4 is 9.80 Å². The van der Waals surface area contributed by atoms with Crippen LogP contribution in [0.25, 0.3) is 54.6 Å². The fraction of sp³-hybridized carbons (Fsp3) is 0.103. The van der Waals surface area contributed by atoms with E-state index in [0.29, 0.717) is 11.8 Å². The van der Waals surface area contributed by atoms with Crippen molar-refractivity contribution in [2.75, 3.05) is 9.80 Å². The fourth-order valence-electron chi connectivity index (χ4n) is 9.26. The van der Waals surface area contributed by atoms with Gasteiger partial charge in [0.1, 0.15) is 0 Å². The van der Waals surface area contributed by atoms with E-state index in [1.807, 2.05) is 0 Å². The second-order valence-electron chi connectivity index (χ2n) is 16.5. The van der Waals surface area contributed by atoms with Gasteiger partial charge < -0.3 is 9.80 Å². The Bertz CT molecular complexity index is 2750. The second-order valence-corrected chi connectivity index (χ2v) is 16.5. The van der Waals surface area contributed by atoms with Gasteiger partial charge in [-0.25, -0.2) is 0 Å². The Kier molecular flexibility index (Phi) is 9.62. The van der Waals surface area contributed by atoms with Crippen molar-refractivity contribution in [1.82, 2.24) is 0 Å². The smallest absolute Gasteiger partial charge is 0.0462 e. The molecule has 0 spiro atoms. The first-order valence-electron chi connectivity index (χ1n) is 21.2. The van der Waals surface area contributed by atoms with Crippen molar-refractivity contribution in [2.45, 2.75) is 39.5 Å². The molecule has 60 heavy (non-hydrogen) atoms. The number of rotatable bonds is 10. The molecule has 2 nitrogen and oxygen atoms in total. The van der Waals surface area contributed by atoms with Crippen LogP contribution in [0.2, 0.25) is 0 Å². The van der Waals surface area contributed by atoms with E-state index in [9.17, 15) is 0 Å². The SMILES string of the molecule is CC(C)c1cc(-c2ccc(N(c3ccccc3)c3ccccc3)cc2)c2ccc3c(C(C)C)cc(-c4ccc(N(c5ccccc5)c5ccccc5)cc4)c4ccc1c2c43. The van der Waals surface area contributed by atoms with Gasteiger partial charge in [-0.1, -0.05) is 149 Å². The van der Waals surface area contributed by atoms with E-state index in [0.717, 1.165) is 34.1 Å². The summed E-state index contributed by atoms with van der Waals surface area (Å²) < 4.78 is 0. The molecule has 10 rings (SSSR count). The summed E-state index contributed by atoms with van der Waals surface area (Å²) in [5, 5.41) is 8.02. The lowest BCUT2D eigenvalue weighted by atomic mass is 9.81.